The Bertz CT molecular complexity index is 415. The molecule has 0 aromatic heterocycles. The van der Waals surface area contributed by atoms with Crippen molar-refractivity contribution in [2.24, 2.45) is 0 Å². The van der Waals surface area contributed by atoms with Crippen LogP contribution in [0.5, 0.6) is 0 Å². The lowest BCUT2D eigenvalue weighted by Crippen LogP contribution is -2.29. The van der Waals surface area contributed by atoms with Crippen molar-refractivity contribution < 1.29 is 9.90 Å². The Morgan fingerprint density at radius 2 is 2.06 bits per heavy atom. The van der Waals surface area contributed by atoms with Crippen molar-refractivity contribution in [2.45, 2.75) is 38.7 Å². The molecule has 1 aliphatic carbocycles. The SMILES string of the molecule is CCNC(=O)C(O)c1ccc2c(c1)CCCC2. The molecule has 1 amide bonds. The largest absolute Gasteiger partial charge is 0.378 e. The van der Waals surface area contributed by atoms with Crippen molar-refractivity contribution in [3.05, 3.63) is 34.9 Å². The van der Waals surface area contributed by atoms with Gasteiger partial charge in [-0.2, -0.15) is 0 Å². The molecule has 3 heteroatoms. The molecule has 2 rings (SSSR count). The maximum atomic E-state index is 11.6. The van der Waals surface area contributed by atoms with Crippen LogP contribution in [-0.2, 0) is 17.6 Å². The van der Waals surface area contributed by atoms with Crippen LogP contribution in [0.2, 0.25) is 0 Å². The Morgan fingerprint density at radius 3 is 2.76 bits per heavy atom. The summed E-state index contributed by atoms with van der Waals surface area (Å²) in [6.45, 7) is 2.39. The summed E-state index contributed by atoms with van der Waals surface area (Å²) in [6, 6.07) is 5.89. The summed E-state index contributed by atoms with van der Waals surface area (Å²) in [5.41, 5.74) is 3.36. The highest BCUT2D eigenvalue weighted by Gasteiger charge is 2.18. The summed E-state index contributed by atoms with van der Waals surface area (Å²) in [5.74, 6) is -0.316. The number of likely N-dealkylation sites (N-methyl/N-ethyl adjacent to an activating group) is 1. The first kappa shape index (κ1) is 12.1. The van der Waals surface area contributed by atoms with Gasteiger partial charge in [0.15, 0.2) is 6.10 Å². The van der Waals surface area contributed by atoms with Crippen molar-refractivity contribution in [2.75, 3.05) is 6.54 Å². The van der Waals surface area contributed by atoms with E-state index in [4.69, 9.17) is 0 Å². The second-order valence-corrected chi connectivity index (χ2v) is 4.53. The normalized spacial score (nSPS) is 16.1. The van der Waals surface area contributed by atoms with Crippen LogP contribution in [-0.4, -0.2) is 17.6 Å². The zero-order valence-electron chi connectivity index (χ0n) is 10.2. The van der Waals surface area contributed by atoms with Crippen molar-refractivity contribution in [1.29, 1.82) is 0 Å². The highest BCUT2D eigenvalue weighted by molar-refractivity contribution is 5.81. The average molecular weight is 233 g/mol. The van der Waals surface area contributed by atoms with Crippen molar-refractivity contribution in [1.82, 2.24) is 5.32 Å². The predicted octanol–water partition coefficient (Wildman–Crippen LogP) is 1.73. The molecular weight excluding hydrogens is 214 g/mol. The first-order valence-electron chi connectivity index (χ1n) is 6.30. The van der Waals surface area contributed by atoms with Crippen LogP contribution >= 0.6 is 0 Å². The van der Waals surface area contributed by atoms with Gasteiger partial charge in [-0.3, -0.25) is 4.79 Å². The molecule has 17 heavy (non-hydrogen) atoms. The van der Waals surface area contributed by atoms with Crippen molar-refractivity contribution in [3.8, 4) is 0 Å². The quantitative estimate of drug-likeness (QED) is 0.835. The highest BCUT2D eigenvalue weighted by atomic mass is 16.3. The van der Waals surface area contributed by atoms with E-state index in [2.05, 4.69) is 5.32 Å². The van der Waals surface area contributed by atoms with Crippen LogP contribution in [0, 0.1) is 0 Å². The Kier molecular flexibility index (Phi) is 3.79. The third-order valence-electron chi connectivity index (χ3n) is 3.29. The number of aliphatic hydroxyl groups excluding tert-OH is 1. The highest BCUT2D eigenvalue weighted by Crippen LogP contribution is 2.24. The molecule has 2 N–H and O–H groups in total. The summed E-state index contributed by atoms with van der Waals surface area (Å²) < 4.78 is 0. The lowest BCUT2D eigenvalue weighted by molar-refractivity contribution is -0.129. The average Bonchev–Trinajstić information content (AvgIpc) is 2.37. The second-order valence-electron chi connectivity index (χ2n) is 4.53. The van der Waals surface area contributed by atoms with E-state index in [1.165, 1.54) is 24.0 Å². The Morgan fingerprint density at radius 1 is 1.35 bits per heavy atom. The first-order valence-corrected chi connectivity index (χ1v) is 6.30. The molecule has 0 saturated carbocycles. The molecule has 0 saturated heterocycles. The van der Waals surface area contributed by atoms with E-state index >= 15 is 0 Å². The molecule has 0 fully saturated rings. The van der Waals surface area contributed by atoms with E-state index in [0.29, 0.717) is 12.1 Å². The van der Waals surface area contributed by atoms with E-state index < -0.39 is 6.10 Å². The molecule has 92 valence electrons. The first-order chi connectivity index (χ1) is 8.22. The summed E-state index contributed by atoms with van der Waals surface area (Å²) in [4.78, 5) is 11.6. The minimum Gasteiger partial charge on any atom is -0.378 e. The van der Waals surface area contributed by atoms with Crippen LogP contribution in [0.3, 0.4) is 0 Å². The van der Waals surface area contributed by atoms with Gasteiger partial charge in [0.25, 0.3) is 5.91 Å². The van der Waals surface area contributed by atoms with E-state index in [1.54, 1.807) is 0 Å². The molecule has 0 bridgehead atoms. The van der Waals surface area contributed by atoms with Crippen molar-refractivity contribution >= 4 is 5.91 Å². The van der Waals surface area contributed by atoms with Gasteiger partial charge in [-0.25, -0.2) is 0 Å². The van der Waals surface area contributed by atoms with Gasteiger partial charge in [0.1, 0.15) is 0 Å². The standard InChI is InChI=1S/C14H19NO2/c1-2-15-14(17)13(16)12-8-7-10-5-3-4-6-11(10)9-12/h7-9,13,16H,2-6H2,1H3,(H,15,17). The topological polar surface area (TPSA) is 49.3 Å². The monoisotopic (exact) mass is 233 g/mol. The lowest BCUT2D eigenvalue weighted by Gasteiger charge is -2.18. The predicted molar refractivity (Wildman–Crippen MR) is 66.7 cm³/mol. The molecule has 1 aromatic rings. The molecule has 0 spiro atoms. The fourth-order valence-electron chi connectivity index (χ4n) is 2.35. The molecule has 1 atom stereocenters. The number of nitrogens with one attached hydrogen (secondary N) is 1. The zero-order valence-corrected chi connectivity index (χ0v) is 10.2. The van der Waals surface area contributed by atoms with Gasteiger partial charge in [0.2, 0.25) is 0 Å². The molecule has 3 nitrogen and oxygen atoms in total. The molecule has 1 unspecified atom stereocenters. The minimum absolute atomic E-state index is 0.316. The van der Waals surface area contributed by atoms with Gasteiger partial charge in [0.05, 0.1) is 0 Å². The van der Waals surface area contributed by atoms with Gasteiger partial charge in [-0.1, -0.05) is 18.2 Å². The molecule has 0 heterocycles. The fraction of sp³-hybridized carbons (Fsp3) is 0.500. The summed E-state index contributed by atoms with van der Waals surface area (Å²) in [7, 11) is 0. The van der Waals surface area contributed by atoms with E-state index in [0.717, 1.165) is 12.8 Å². The van der Waals surface area contributed by atoms with Crippen LogP contribution in [0.1, 0.15) is 42.6 Å². The number of carbonyl (C=O) groups is 1. The van der Waals surface area contributed by atoms with Crippen LogP contribution in [0.4, 0.5) is 0 Å². The molecule has 0 aliphatic heterocycles. The third-order valence-corrected chi connectivity index (χ3v) is 3.29. The van der Waals surface area contributed by atoms with Gasteiger partial charge >= 0.3 is 0 Å². The van der Waals surface area contributed by atoms with Gasteiger partial charge in [0, 0.05) is 6.54 Å². The Hall–Kier alpha value is -1.35. The maximum absolute atomic E-state index is 11.6. The van der Waals surface area contributed by atoms with Crippen molar-refractivity contribution in [3.63, 3.8) is 0 Å². The third kappa shape index (κ3) is 2.67. The Balaban J connectivity index is 2.18. The molecular formula is C14H19NO2. The number of aliphatic hydroxyl groups is 1. The van der Waals surface area contributed by atoms with Gasteiger partial charge in [-0.05, 0) is 49.3 Å². The number of carbonyl (C=O) groups excluding carboxylic acids is 1. The molecule has 1 aliphatic rings. The van der Waals surface area contributed by atoms with E-state index in [-0.39, 0.29) is 5.91 Å². The van der Waals surface area contributed by atoms with Gasteiger partial charge in [-0.15, -0.1) is 0 Å². The van der Waals surface area contributed by atoms with Crippen LogP contribution in [0.25, 0.3) is 0 Å². The number of amides is 1. The van der Waals surface area contributed by atoms with Crippen LogP contribution < -0.4 is 5.32 Å². The lowest BCUT2D eigenvalue weighted by atomic mass is 9.89. The van der Waals surface area contributed by atoms with E-state index in [9.17, 15) is 9.90 Å². The molecule has 1 aromatic carbocycles. The number of hydrogen-bond acceptors (Lipinski definition) is 2. The number of rotatable bonds is 3. The Labute approximate surface area is 102 Å². The van der Waals surface area contributed by atoms with Crippen LogP contribution in [0.15, 0.2) is 18.2 Å². The smallest absolute Gasteiger partial charge is 0.253 e. The number of fused-ring (bicyclic) bond motifs is 1. The summed E-state index contributed by atoms with van der Waals surface area (Å²) in [5, 5.41) is 12.5. The number of benzene rings is 1. The van der Waals surface area contributed by atoms with Gasteiger partial charge < -0.3 is 10.4 Å². The zero-order chi connectivity index (χ0) is 12.3. The molecule has 0 radical (unpaired) electrons. The summed E-state index contributed by atoms with van der Waals surface area (Å²) >= 11 is 0. The van der Waals surface area contributed by atoms with E-state index in [1.807, 2.05) is 25.1 Å². The maximum Gasteiger partial charge on any atom is 0.253 e. The fourth-order valence-corrected chi connectivity index (χ4v) is 2.35. The number of aryl methyl sites for hydroxylation is 2. The second kappa shape index (κ2) is 5.32. The minimum atomic E-state index is -1.04. The number of hydrogen-bond donors (Lipinski definition) is 2. The summed E-state index contributed by atoms with van der Waals surface area (Å²) in [6.07, 6.45) is 3.58.